The van der Waals surface area contributed by atoms with Gasteiger partial charge in [-0.05, 0) is 27.4 Å². The van der Waals surface area contributed by atoms with E-state index in [0.29, 0.717) is 0 Å². The molecule has 1 fully saturated rings. The van der Waals surface area contributed by atoms with Gasteiger partial charge >= 0.3 is 0 Å². The van der Waals surface area contributed by atoms with Crippen LogP contribution in [0.2, 0.25) is 0 Å². The highest BCUT2D eigenvalue weighted by molar-refractivity contribution is 7.15. The van der Waals surface area contributed by atoms with Crippen molar-refractivity contribution in [3.05, 3.63) is 11.1 Å². The Kier molecular flexibility index (Phi) is 4.36. The lowest BCUT2D eigenvalue weighted by Crippen LogP contribution is -2.31. The minimum absolute atomic E-state index is 0.719. The number of rotatable bonds is 5. The monoisotopic (exact) mass is 254 g/mol. The van der Waals surface area contributed by atoms with Crippen LogP contribution in [0.3, 0.4) is 0 Å². The Labute approximate surface area is 108 Å². The van der Waals surface area contributed by atoms with Crippen molar-refractivity contribution in [2.75, 3.05) is 39.0 Å². The largest absolute Gasteiger partial charge is 0.362 e. The molecule has 0 aromatic carbocycles. The average Bonchev–Trinajstić information content (AvgIpc) is 2.89. The summed E-state index contributed by atoms with van der Waals surface area (Å²) in [5.41, 5.74) is 0. The standard InChI is InChI=1S/C12H22N4S/c1-4-13-12-14-7-11(17-12)9-16-6-5-10(8-16)15(2)3/h7,10H,4-6,8-9H2,1-3H3,(H,13,14). The molecular formula is C12H22N4S. The quantitative estimate of drug-likeness (QED) is 0.867. The van der Waals surface area contributed by atoms with Crippen molar-refractivity contribution in [2.45, 2.75) is 25.9 Å². The molecule has 1 saturated heterocycles. The second-order valence-electron chi connectivity index (χ2n) is 4.80. The van der Waals surface area contributed by atoms with Gasteiger partial charge in [-0.3, -0.25) is 4.90 Å². The average molecular weight is 254 g/mol. The van der Waals surface area contributed by atoms with E-state index < -0.39 is 0 Å². The van der Waals surface area contributed by atoms with Gasteiger partial charge in [0.05, 0.1) is 0 Å². The number of likely N-dealkylation sites (N-methyl/N-ethyl adjacent to an activating group) is 1. The summed E-state index contributed by atoms with van der Waals surface area (Å²) in [6, 6.07) is 0.719. The van der Waals surface area contributed by atoms with Gasteiger partial charge in [-0.2, -0.15) is 0 Å². The van der Waals surface area contributed by atoms with Crippen molar-refractivity contribution in [3.63, 3.8) is 0 Å². The minimum Gasteiger partial charge on any atom is -0.362 e. The fourth-order valence-electron chi connectivity index (χ4n) is 2.21. The van der Waals surface area contributed by atoms with Crippen molar-refractivity contribution in [1.82, 2.24) is 14.8 Å². The second kappa shape index (κ2) is 5.80. The molecule has 17 heavy (non-hydrogen) atoms. The third-order valence-corrected chi connectivity index (χ3v) is 4.18. The lowest BCUT2D eigenvalue weighted by Gasteiger charge is -2.19. The molecule has 0 radical (unpaired) electrons. The lowest BCUT2D eigenvalue weighted by atomic mass is 10.2. The van der Waals surface area contributed by atoms with Gasteiger partial charge in [0, 0.05) is 43.3 Å². The Morgan fingerprint density at radius 3 is 3.06 bits per heavy atom. The number of anilines is 1. The number of hydrogen-bond acceptors (Lipinski definition) is 5. The maximum atomic E-state index is 4.37. The Hall–Kier alpha value is -0.650. The summed E-state index contributed by atoms with van der Waals surface area (Å²) in [5.74, 6) is 0. The zero-order valence-electron chi connectivity index (χ0n) is 10.9. The molecule has 0 spiro atoms. The first-order chi connectivity index (χ1) is 8.19. The van der Waals surface area contributed by atoms with E-state index in [1.54, 1.807) is 11.3 Å². The molecule has 1 aromatic heterocycles. The highest BCUT2D eigenvalue weighted by Gasteiger charge is 2.24. The summed E-state index contributed by atoms with van der Waals surface area (Å²) in [6.07, 6.45) is 3.29. The highest BCUT2D eigenvalue weighted by Crippen LogP contribution is 2.22. The Morgan fingerprint density at radius 2 is 2.41 bits per heavy atom. The maximum Gasteiger partial charge on any atom is 0.182 e. The van der Waals surface area contributed by atoms with Crippen molar-refractivity contribution >= 4 is 16.5 Å². The van der Waals surface area contributed by atoms with E-state index in [9.17, 15) is 0 Å². The van der Waals surface area contributed by atoms with Gasteiger partial charge in [0.25, 0.3) is 0 Å². The molecular weight excluding hydrogens is 232 g/mol. The van der Waals surface area contributed by atoms with E-state index in [4.69, 9.17) is 0 Å². The van der Waals surface area contributed by atoms with E-state index in [-0.39, 0.29) is 0 Å². The molecule has 0 bridgehead atoms. The molecule has 1 aromatic rings. The number of likely N-dealkylation sites (tertiary alicyclic amines) is 1. The summed E-state index contributed by atoms with van der Waals surface area (Å²) in [6.45, 7) is 6.48. The number of hydrogen-bond donors (Lipinski definition) is 1. The van der Waals surface area contributed by atoms with Crippen LogP contribution in [-0.4, -0.2) is 54.6 Å². The summed E-state index contributed by atoms with van der Waals surface area (Å²) in [5, 5.41) is 4.31. The zero-order chi connectivity index (χ0) is 12.3. The first-order valence-electron chi connectivity index (χ1n) is 6.26. The fraction of sp³-hybridized carbons (Fsp3) is 0.750. The van der Waals surface area contributed by atoms with Gasteiger partial charge in [0.15, 0.2) is 5.13 Å². The maximum absolute atomic E-state index is 4.37. The fourth-order valence-corrected chi connectivity index (χ4v) is 3.13. The molecule has 1 unspecified atom stereocenters. The summed E-state index contributed by atoms with van der Waals surface area (Å²) >= 11 is 1.78. The van der Waals surface area contributed by atoms with Gasteiger partial charge in [-0.25, -0.2) is 4.98 Å². The molecule has 96 valence electrons. The molecule has 1 atom stereocenters. The molecule has 0 amide bonds. The number of nitrogens with one attached hydrogen (secondary N) is 1. The third kappa shape index (κ3) is 3.40. The van der Waals surface area contributed by atoms with Crippen molar-refractivity contribution in [2.24, 2.45) is 0 Å². The zero-order valence-corrected chi connectivity index (χ0v) is 11.8. The highest BCUT2D eigenvalue weighted by atomic mass is 32.1. The van der Waals surface area contributed by atoms with Gasteiger partial charge in [-0.15, -0.1) is 11.3 Å². The van der Waals surface area contributed by atoms with Crippen molar-refractivity contribution < 1.29 is 0 Å². The number of nitrogens with zero attached hydrogens (tertiary/aromatic N) is 3. The van der Waals surface area contributed by atoms with Crippen LogP contribution in [-0.2, 0) is 6.54 Å². The molecule has 0 saturated carbocycles. The molecule has 2 rings (SSSR count). The number of thiazole rings is 1. The van der Waals surface area contributed by atoms with Crippen LogP contribution in [0.15, 0.2) is 6.20 Å². The summed E-state index contributed by atoms with van der Waals surface area (Å²) < 4.78 is 0. The Bertz CT molecular complexity index is 350. The van der Waals surface area contributed by atoms with Gasteiger partial charge in [0.1, 0.15) is 0 Å². The predicted molar refractivity (Wildman–Crippen MR) is 73.6 cm³/mol. The summed E-state index contributed by atoms with van der Waals surface area (Å²) in [4.78, 5) is 10.6. The van der Waals surface area contributed by atoms with E-state index in [0.717, 1.165) is 24.3 Å². The van der Waals surface area contributed by atoms with Crippen LogP contribution >= 0.6 is 11.3 Å². The second-order valence-corrected chi connectivity index (χ2v) is 5.92. The smallest absolute Gasteiger partial charge is 0.182 e. The van der Waals surface area contributed by atoms with Crippen molar-refractivity contribution in [3.8, 4) is 0 Å². The molecule has 2 heterocycles. The van der Waals surface area contributed by atoms with Crippen LogP contribution in [0.5, 0.6) is 0 Å². The molecule has 0 aliphatic carbocycles. The molecule has 4 nitrogen and oxygen atoms in total. The third-order valence-electron chi connectivity index (χ3n) is 3.24. The Morgan fingerprint density at radius 1 is 1.59 bits per heavy atom. The lowest BCUT2D eigenvalue weighted by molar-refractivity contribution is 0.266. The minimum atomic E-state index is 0.719. The topological polar surface area (TPSA) is 31.4 Å². The van der Waals surface area contributed by atoms with Crippen LogP contribution in [0.4, 0.5) is 5.13 Å². The van der Waals surface area contributed by atoms with E-state index in [1.165, 1.54) is 24.4 Å². The van der Waals surface area contributed by atoms with E-state index in [2.05, 4.69) is 41.1 Å². The first kappa shape index (κ1) is 12.8. The van der Waals surface area contributed by atoms with Gasteiger partial charge < -0.3 is 10.2 Å². The van der Waals surface area contributed by atoms with Gasteiger partial charge in [-0.1, -0.05) is 0 Å². The van der Waals surface area contributed by atoms with Gasteiger partial charge in [0.2, 0.25) is 0 Å². The van der Waals surface area contributed by atoms with E-state index >= 15 is 0 Å². The van der Waals surface area contributed by atoms with E-state index in [1.807, 2.05) is 6.20 Å². The number of aromatic nitrogens is 1. The predicted octanol–water partition coefficient (Wildman–Crippen LogP) is 1.71. The van der Waals surface area contributed by atoms with Crippen LogP contribution in [0.25, 0.3) is 0 Å². The molecule has 1 N–H and O–H groups in total. The first-order valence-corrected chi connectivity index (χ1v) is 7.08. The Balaban J connectivity index is 1.84. The van der Waals surface area contributed by atoms with Crippen molar-refractivity contribution in [1.29, 1.82) is 0 Å². The molecule has 1 aliphatic rings. The van der Waals surface area contributed by atoms with Crippen LogP contribution in [0, 0.1) is 0 Å². The summed E-state index contributed by atoms with van der Waals surface area (Å²) in [7, 11) is 4.34. The van der Waals surface area contributed by atoms with Crippen LogP contribution in [0.1, 0.15) is 18.2 Å². The molecule has 1 aliphatic heterocycles. The molecule has 5 heteroatoms. The van der Waals surface area contributed by atoms with Crippen LogP contribution < -0.4 is 5.32 Å². The normalized spacial score (nSPS) is 21.3. The SMILES string of the molecule is CCNc1ncc(CN2CCC(N(C)C)C2)s1.